The van der Waals surface area contributed by atoms with Gasteiger partial charge in [-0.15, -0.1) is 0 Å². The molecule has 3 rings (SSSR count). The Morgan fingerprint density at radius 3 is 3.05 bits per heavy atom. The molecule has 2 N–H and O–H groups in total. The Morgan fingerprint density at radius 1 is 1.40 bits per heavy atom. The third-order valence-electron chi connectivity index (χ3n) is 3.23. The predicted molar refractivity (Wildman–Crippen MR) is 69.9 cm³/mol. The normalized spacial score (nSPS) is 21.1. The molecule has 2 aliphatic heterocycles. The van der Waals surface area contributed by atoms with Crippen molar-refractivity contribution in [2.75, 3.05) is 30.0 Å². The molecular formula is C13H14N2O5. The van der Waals surface area contributed by atoms with Crippen molar-refractivity contribution in [1.29, 1.82) is 0 Å². The van der Waals surface area contributed by atoms with E-state index in [1.165, 1.54) is 4.90 Å². The smallest absolute Gasteiger partial charge is 0.414 e. The molecule has 1 unspecified atom stereocenters. The summed E-state index contributed by atoms with van der Waals surface area (Å²) >= 11 is 0. The number of nitrogens with one attached hydrogen (secondary N) is 1. The average molecular weight is 278 g/mol. The van der Waals surface area contributed by atoms with Crippen molar-refractivity contribution in [3.05, 3.63) is 18.2 Å². The van der Waals surface area contributed by atoms with Crippen LogP contribution in [0, 0.1) is 0 Å². The topological polar surface area (TPSA) is 88.1 Å². The van der Waals surface area contributed by atoms with Gasteiger partial charge in [0.05, 0.1) is 12.2 Å². The van der Waals surface area contributed by atoms with E-state index in [2.05, 4.69) is 5.32 Å². The summed E-state index contributed by atoms with van der Waals surface area (Å²) in [7, 11) is 0. The van der Waals surface area contributed by atoms with Crippen LogP contribution in [-0.4, -0.2) is 43.0 Å². The lowest BCUT2D eigenvalue weighted by Gasteiger charge is -2.20. The molecule has 7 nitrogen and oxygen atoms in total. The predicted octanol–water partition coefficient (Wildman–Crippen LogP) is 0.725. The van der Waals surface area contributed by atoms with Gasteiger partial charge >= 0.3 is 6.09 Å². The van der Waals surface area contributed by atoms with E-state index < -0.39 is 6.09 Å². The van der Waals surface area contributed by atoms with Crippen LogP contribution in [0.5, 0.6) is 5.75 Å². The first kappa shape index (κ1) is 12.7. The first-order valence-electron chi connectivity index (χ1n) is 6.33. The average Bonchev–Trinajstić information content (AvgIpc) is 2.79. The van der Waals surface area contributed by atoms with Crippen molar-refractivity contribution < 1.29 is 24.2 Å². The van der Waals surface area contributed by atoms with Crippen molar-refractivity contribution in [2.45, 2.75) is 12.5 Å². The number of fused-ring (bicyclic) bond motifs is 1. The standard InChI is InChI=1S/C13H14N2O5/c16-4-3-9-6-15(13(18)20-9)8-1-2-11-10(5-8)14-12(17)7-19-11/h1-2,5,9,16H,3-4,6-7H2,(H,14,17). The zero-order chi connectivity index (χ0) is 14.1. The second-order valence-electron chi connectivity index (χ2n) is 4.65. The largest absolute Gasteiger partial charge is 0.482 e. The number of aliphatic hydroxyl groups excluding tert-OH is 1. The van der Waals surface area contributed by atoms with Gasteiger partial charge in [0, 0.05) is 18.7 Å². The molecule has 20 heavy (non-hydrogen) atoms. The van der Waals surface area contributed by atoms with Gasteiger partial charge < -0.3 is 19.9 Å². The van der Waals surface area contributed by atoms with Crippen LogP contribution >= 0.6 is 0 Å². The molecular weight excluding hydrogens is 264 g/mol. The molecule has 1 saturated heterocycles. The van der Waals surface area contributed by atoms with Crippen LogP contribution in [0.3, 0.4) is 0 Å². The first-order chi connectivity index (χ1) is 9.67. The maximum Gasteiger partial charge on any atom is 0.414 e. The van der Waals surface area contributed by atoms with Crippen LogP contribution in [0.2, 0.25) is 0 Å². The number of rotatable bonds is 3. The highest BCUT2D eigenvalue weighted by atomic mass is 16.6. The summed E-state index contributed by atoms with van der Waals surface area (Å²) in [6.07, 6.45) is -0.353. The number of cyclic esters (lactones) is 1. The lowest BCUT2D eigenvalue weighted by Crippen LogP contribution is -2.27. The number of hydrogen-bond acceptors (Lipinski definition) is 5. The second kappa shape index (κ2) is 5.01. The Balaban J connectivity index is 1.82. The van der Waals surface area contributed by atoms with Crippen molar-refractivity contribution >= 4 is 23.4 Å². The Hall–Kier alpha value is -2.28. The number of hydrogen-bond donors (Lipinski definition) is 2. The minimum Gasteiger partial charge on any atom is -0.482 e. The van der Waals surface area contributed by atoms with Crippen molar-refractivity contribution in [3.8, 4) is 5.75 Å². The molecule has 1 atom stereocenters. The molecule has 0 saturated carbocycles. The van der Waals surface area contributed by atoms with E-state index in [0.29, 0.717) is 30.1 Å². The second-order valence-corrected chi connectivity index (χ2v) is 4.65. The van der Waals surface area contributed by atoms with E-state index in [1.807, 2.05) is 0 Å². The molecule has 0 aromatic heterocycles. The molecule has 1 aromatic carbocycles. The molecule has 106 valence electrons. The van der Waals surface area contributed by atoms with Gasteiger partial charge in [0.1, 0.15) is 11.9 Å². The number of carbonyl (C=O) groups excluding carboxylic acids is 2. The van der Waals surface area contributed by atoms with E-state index in [9.17, 15) is 9.59 Å². The van der Waals surface area contributed by atoms with Crippen molar-refractivity contribution in [1.82, 2.24) is 0 Å². The third kappa shape index (κ3) is 2.27. The van der Waals surface area contributed by atoms with Gasteiger partial charge in [-0.3, -0.25) is 9.69 Å². The first-order valence-corrected chi connectivity index (χ1v) is 6.33. The molecule has 0 spiro atoms. The van der Waals surface area contributed by atoms with Crippen LogP contribution in [0.4, 0.5) is 16.2 Å². The molecule has 1 fully saturated rings. The van der Waals surface area contributed by atoms with Gasteiger partial charge in [-0.05, 0) is 18.2 Å². The maximum atomic E-state index is 11.8. The van der Waals surface area contributed by atoms with E-state index in [-0.39, 0.29) is 25.2 Å². The van der Waals surface area contributed by atoms with Crippen LogP contribution < -0.4 is 15.0 Å². The summed E-state index contributed by atoms with van der Waals surface area (Å²) in [5, 5.41) is 11.6. The van der Waals surface area contributed by atoms with Crippen LogP contribution in [0.15, 0.2) is 18.2 Å². The van der Waals surface area contributed by atoms with Crippen molar-refractivity contribution in [3.63, 3.8) is 0 Å². The summed E-state index contributed by atoms with van der Waals surface area (Å²) in [5.74, 6) is 0.352. The summed E-state index contributed by atoms with van der Waals surface area (Å²) in [6, 6.07) is 5.12. The molecule has 2 aliphatic rings. The molecule has 0 bridgehead atoms. The summed E-state index contributed by atoms with van der Waals surface area (Å²) in [5.41, 5.74) is 1.16. The lowest BCUT2D eigenvalue weighted by molar-refractivity contribution is -0.118. The van der Waals surface area contributed by atoms with E-state index in [4.69, 9.17) is 14.6 Å². The van der Waals surface area contributed by atoms with Gasteiger partial charge in [0.2, 0.25) is 0 Å². The van der Waals surface area contributed by atoms with Gasteiger partial charge in [-0.1, -0.05) is 0 Å². The lowest BCUT2D eigenvalue weighted by atomic mass is 10.2. The van der Waals surface area contributed by atoms with Crippen LogP contribution in [0.25, 0.3) is 0 Å². The minimum atomic E-state index is -0.452. The van der Waals surface area contributed by atoms with E-state index in [1.54, 1.807) is 18.2 Å². The van der Waals surface area contributed by atoms with E-state index >= 15 is 0 Å². The molecule has 0 aliphatic carbocycles. The number of aliphatic hydroxyl groups is 1. The minimum absolute atomic E-state index is 0.00330. The summed E-state index contributed by atoms with van der Waals surface area (Å²) in [6.45, 7) is 0.351. The highest BCUT2D eigenvalue weighted by molar-refractivity contribution is 5.97. The number of anilines is 2. The molecule has 2 amide bonds. The number of amides is 2. The van der Waals surface area contributed by atoms with E-state index in [0.717, 1.165) is 0 Å². The Bertz CT molecular complexity index is 560. The summed E-state index contributed by atoms with van der Waals surface area (Å²) < 4.78 is 10.4. The monoisotopic (exact) mass is 278 g/mol. The Labute approximate surface area is 115 Å². The maximum absolute atomic E-state index is 11.8. The SMILES string of the molecule is O=C1COc2ccc(N3CC(CCO)OC3=O)cc2N1. The Morgan fingerprint density at radius 2 is 2.25 bits per heavy atom. The van der Waals surface area contributed by atoms with Crippen LogP contribution in [-0.2, 0) is 9.53 Å². The van der Waals surface area contributed by atoms with Crippen LogP contribution in [0.1, 0.15) is 6.42 Å². The Kier molecular flexibility index (Phi) is 3.19. The molecule has 2 heterocycles. The van der Waals surface area contributed by atoms with Gasteiger partial charge in [-0.25, -0.2) is 4.79 Å². The summed E-state index contributed by atoms with van der Waals surface area (Å²) in [4.78, 5) is 24.6. The van der Waals surface area contributed by atoms with Gasteiger partial charge in [0.25, 0.3) is 5.91 Å². The quantitative estimate of drug-likeness (QED) is 0.850. The number of benzene rings is 1. The number of carbonyl (C=O) groups is 2. The molecule has 0 radical (unpaired) electrons. The fourth-order valence-corrected chi connectivity index (χ4v) is 2.27. The van der Waals surface area contributed by atoms with Gasteiger partial charge in [0.15, 0.2) is 6.61 Å². The molecule has 1 aromatic rings. The molecule has 7 heteroatoms. The highest BCUT2D eigenvalue weighted by Gasteiger charge is 2.32. The highest BCUT2D eigenvalue weighted by Crippen LogP contribution is 2.33. The third-order valence-corrected chi connectivity index (χ3v) is 3.23. The number of nitrogens with zero attached hydrogens (tertiary/aromatic N) is 1. The zero-order valence-electron chi connectivity index (χ0n) is 10.7. The number of ether oxygens (including phenoxy) is 2. The van der Waals surface area contributed by atoms with Crippen molar-refractivity contribution in [2.24, 2.45) is 0 Å². The fourth-order valence-electron chi connectivity index (χ4n) is 2.27. The fraction of sp³-hybridized carbons (Fsp3) is 0.385. The van der Waals surface area contributed by atoms with Gasteiger partial charge in [-0.2, -0.15) is 0 Å². The zero-order valence-corrected chi connectivity index (χ0v) is 10.7.